The number of pyridine rings is 2. The third-order valence-corrected chi connectivity index (χ3v) is 2.67. The molecule has 2 aromatic rings. The summed E-state index contributed by atoms with van der Waals surface area (Å²) in [5.74, 6) is 1.30. The zero-order valence-corrected chi connectivity index (χ0v) is 11.7. The van der Waals surface area contributed by atoms with E-state index in [-0.39, 0.29) is 6.10 Å². The molecule has 1 atom stereocenters. The summed E-state index contributed by atoms with van der Waals surface area (Å²) in [5.41, 5.74) is 0. The van der Waals surface area contributed by atoms with Crippen LogP contribution in [0.4, 0.5) is 0 Å². The summed E-state index contributed by atoms with van der Waals surface area (Å²) in [5, 5.41) is 0.868. The molecular formula is C13H12Cl2N2O2. The Balaban J connectivity index is 1.82. The summed E-state index contributed by atoms with van der Waals surface area (Å²) in [6.45, 7) is 2.30. The Hall–Kier alpha value is -1.52. The maximum absolute atomic E-state index is 5.69. The van der Waals surface area contributed by atoms with E-state index in [1.165, 1.54) is 0 Å². The Morgan fingerprint density at radius 2 is 1.58 bits per heavy atom. The second kappa shape index (κ2) is 6.59. The van der Waals surface area contributed by atoms with E-state index in [2.05, 4.69) is 9.97 Å². The number of hydrogen-bond acceptors (Lipinski definition) is 4. The van der Waals surface area contributed by atoms with E-state index in [4.69, 9.17) is 32.7 Å². The molecule has 19 heavy (non-hydrogen) atoms. The van der Waals surface area contributed by atoms with Gasteiger partial charge in [-0.3, -0.25) is 0 Å². The van der Waals surface area contributed by atoms with Crippen molar-refractivity contribution in [3.63, 3.8) is 0 Å². The second-order valence-electron chi connectivity index (χ2n) is 3.87. The number of halogens is 2. The van der Waals surface area contributed by atoms with Crippen LogP contribution >= 0.6 is 23.2 Å². The number of ether oxygens (including phenoxy) is 2. The van der Waals surface area contributed by atoms with Crippen molar-refractivity contribution >= 4 is 23.2 Å². The largest absolute Gasteiger partial charge is 0.488 e. The summed E-state index contributed by atoms with van der Waals surface area (Å²) in [7, 11) is 0. The van der Waals surface area contributed by atoms with Crippen LogP contribution in [0.15, 0.2) is 36.7 Å². The first-order chi connectivity index (χ1) is 9.13. The molecule has 0 saturated carbocycles. The Morgan fingerprint density at radius 1 is 1.00 bits per heavy atom. The van der Waals surface area contributed by atoms with E-state index in [0.29, 0.717) is 28.4 Å². The third-order valence-electron chi connectivity index (χ3n) is 2.22. The van der Waals surface area contributed by atoms with Crippen molar-refractivity contribution in [2.45, 2.75) is 13.0 Å². The lowest BCUT2D eigenvalue weighted by molar-refractivity contribution is 0.142. The first-order valence-electron chi connectivity index (χ1n) is 5.66. The lowest BCUT2D eigenvalue weighted by Crippen LogP contribution is -2.21. The van der Waals surface area contributed by atoms with Gasteiger partial charge in [-0.15, -0.1) is 0 Å². The van der Waals surface area contributed by atoms with Crippen LogP contribution in [-0.4, -0.2) is 22.7 Å². The smallest absolute Gasteiger partial charge is 0.138 e. The molecule has 0 spiro atoms. The normalized spacial score (nSPS) is 11.9. The van der Waals surface area contributed by atoms with Crippen molar-refractivity contribution in [3.05, 3.63) is 47.0 Å². The standard InChI is InChI=1S/C13H12Cl2N2O2/c1-9(19-11-3-5-13(15)17-7-11)8-18-10-2-4-12(14)16-6-10/h2-7,9H,8H2,1H3. The number of hydrogen-bond donors (Lipinski definition) is 0. The quantitative estimate of drug-likeness (QED) is 0.791. The van der Waals surface area contributed by atoms with E-state index in [0.717, 1.165) is 0 Å². The molecular weight excluding hydrogens is 287 g/mol. The van der Waals surface area contributed by atoms with Crippen LogP contribution in [0.25, 0.3) is 0 Å². The fraction of sp³-hybridized carbons (Fsp3) is 0.231. The summed E-state index contributed by atoms with van der Waals surface area (Å²) in [4.78, 5) is 7.86. The number of nitrogens with zero attached hydrogens (tertiary/aromatic N) is 2. The molecule has 0 radical (unpaired) electrons. The molecule has 0 N–H and O–H groups in total. The topological polar surface area (TPSA) is 44.2 Å². The molecule has 0 saturated heterocycles. The van der Waals surface area contributed by atoms with Crippen LogP contribution in [0, 0.1) is 0 Å². The SMILES string of the molecule is CC(COc1ccc(Cl)nc1)Oc1ccc(Cl)nc1. The van der Waals surface area contributed by atoms with Crippen LogP contribution in [-0.2, 0) is 0 Å². The van der Waals surface area contributed by atoms with Crippen molar-refractivity contribution in [1.82, 2.24) is 9.97 Å². The third kappa shape index (κ3) is 4.58. The predicted octanol–water partition coefficient (Wildman–Crippen LogP) is 3.63. The van der Waals surface area contributed by atoms with E-state index < -0.39 is 0 Å². The van der Waals surface area contributed by atoms with Gasteiger partial charge in [0.25, 0.3) is 0 Å². The molecule has 2 aromatic heterocycles. The fourth-order valence-electron chi connectivity index (χ4n) is 1.36. The maximum atomic E-state index is 5.69. The van der Waals surface area contributed by atoms with Gasteiger partial charge in [0.15, 0.2) is 0 Å². The maximum Gasteiger partial charge on any atom is 0.138 e. The lowest BCUT2D eigenvalue weighted by Gasteiger charge is -2.15. The highest BCUT2D eigenvalue weighted by molar-refractivity contribution is 6.29. The fourth-order valence-corrected chi connectivity index (χ4v) is 1.58. The predicted molar refractivity (Wildman–Crippen MR) is 74.1 cm³/mol. The number of rotatable bonds is 5. The summed E-state index contributed by atoms with van der Waals surface area (Å²) in [6.07, 6.45) is 3.01. The molecule has 0 aliphatic heterocycles. The Bertz CT molecular complexity index is 517. The minimum absolute atomic E-state index is 0.126. The van der Waals surface area contributed by atoms with E-state index in [1.807, 2.05) is 6.92 Å². The minimum Gasteiger partial charge on any atom is -0.488 e. The van der Waals surface area contributed by atoms with Gasteiger partial charge in [0.2, 0.25) is 0 Å². The monoisotopic (exact) mass is 298 g/mol. The molecule has 0 aliphatic rings. The summed E-state index contributed by atoms with van der Waals surface area (Å²) < 4.78 is 11.1. The Kier molecular flexibility index (Phi) is 4.82. The van der Waals surface area contributed by atoms with E-state index in [9.17, 15) is 0 Å². The Labute approximate surface area is 121 Å². The van der Waals surface area contributed by atoms with Crippen LogP contribution in [0.1, 0.15) is 6.92 Å². The molecule has 0 fully saturated rings. The molecule has 0 aliphatic carbocycles. The number of aromatic nitrogens is 2. The minimum atomic E-state index is -0.126. The zero-order chi connectivity index (χ0) is 13.7. The molecule has 4 nitrogen and oxygen atoms in total. The van der Waals surface area contributed by atoms with Gasteiger partial charge in [0, 0.05) is 0 Å². The van der Waals surface area contributed by atoms with Crippen LogP contribution in [0.3, 0.4) is 0 Å². The zero-order valence-electron chi connectivity index (χ0n) is 10.2. The molecule has 2 rings (SSSR count). The molecule has 0 bridgehead atoms. The highest BCUT2D eigenvalue weighted by Crippen LogP contribution is 2.15. The summed E-state index contributed by atoms with van der Waals surface area (Å²) in [6, 6.07) is 6.86. The highest BCUT2D eigenvalue weighted by Gasteiger charge is 2.06. The molecule has 2 heterocycles. The van der Waals surface area contributed by atoms with Crippen LogP contribution < -0.4 is 9.47 Å². The van der Waals surface area contributed by atoms with Gasteiger partial charge in [-0.25, -0.2) is 9.97 Å². The molecule has 0 amide bonds. The van der Waals surface area contributed by atoms with Gasteiger partial charge in [0.1, 0.15) is 34.5 Å². The van der Waals surface area contributed by atoms with E-state index >= 15 is 0 Å². The van der Waals surface area contributed by atoms with Crippen LogP contribution in [0.2, 0.25) is 10.3 Å². The lowest BCUT2D eigenvalue weighted by atomic mass is 10.4. The Morgan fingerprint density at radius 3 is 2.11 bits per heavy atom. The van der Waals surface area contributed by atoms with Crippen molar-refractivity contribution in [2.75, 3.05) is 6.61 Å². The average Bonchev–Trinajstić information content (AvgIpc) is 2.41. The highest BCUT2D eigenvalue weighted by atomic mass is 35.5. The van der Waals surface area contributed by atoms with E-state index in [1.54, 1.807) is 36.7 Å². The van der Waals surface area contributed by atoms with Gasteiger partial charge in [-0.2, -0.15) is 0 Å². The van der Waals surface area contributed by atoms with Gasteiger partial charge < -0.3 is 9.47 Å². The van der Waals surface area contributed by atoms with Gasteiger partial charge >= 0.3 is 0 Å². The van der Waals surface area contributed by atoms with Crippen molar-refractivity contribution in [3.8, 4) is 11.5 Å². The molecule has 6 heteroatoms. The average molecular weight is 299 g/mol. The van der Waals surface area contributed by atoms with Gasteiger partial charge in [-0.05, 0) is 31.2 Å². The van der Waals surface area contributed by atoms with Gasteiger partial charge in [-0.1, -0.05) is 23.2 Å². The van der Waals surface area contributed by atoms with Gasteiger partial charge in [0.05, 0.1) is 12.4 Å². The molecule has 1 unspecified atom stereocenters. The molecule has 100 valence electrons. The van der Waals surface area contributed by atoms with Crippen molar-refractivity contribution in [2.24, 2.45) is 0 Å². The molecule has 0 aromatic carbocycles. The first-order valence-corrected chi connectivity index (χ1v) is 6.41. The summed E-state index contributed by atoms with van der Waals surface area (Å²) >= 11 is 11.4. The first kappa shape index (κ1) is 13.9. The second-order valence-corrected chi connectivity index (χ2v) is 4.65. The van der Waals surface area contributed by atoms with Crippen LogP contribution in [0.5, 0.6) is 11.5 Å². The van der Waals surface area contributed by atoms with Crippen molar-refractivity contribution < 1.29 is 9.47 Å². The van der Waals surface area contributed by atoms with Crippen molar-refractivity contribution in [1.29, 1.82) is 0 Å².